The fourth-order valence-corrected chi connectivity index (χ4v) is 4.44. The molecule has 178 valence electrons. The van der Waals surface area contributed by atoms with Crippen LogP contribution in [0.1, 0.15) is 18.9 Å². The van der Waals surface area contributed by atoms with E-state index in [1.54, 1.807) is 42.5 Å². The molecule has 0 bridgehead atoms. The first-order chi connectivity index (χ1) is 16.4. The van der Waals surface area contributed by atoms with Crippen LogP contribution in [-0.2, 0) is 14.8 Å². The quantitative estimate of drug-likeness (QED) is 0.332. The first-order valence-corrected chi connectivity index (χ1v) is 12.1. The Morgan fingerprint density at radius 2 is 1.62 bits per heavy atom. The molecule has 1 N–H and O–H groups in total. The fraction of sp³-hybridized carbons (Fsp3) is 0.200. The Labute approximate surface area is 199 Å². The zero-order chi connectivity index (χ0) is 24.4. The topological polar surface area (TPSA) is 97.3 Å². The number of anilines is 1. The lowest BCUT2D eigenvalue weighted by Gasteiger charge is -2.23. The van der Waals surface area contributed by atoms with Crippen LogP contribution in [0.25, 0.3) is 0 Å². The summed E-state index contributed by atoms with van der Waals surface area (Å²) >= 11 is 0. The van der Waals surface area contributed by atoms with E-state index in [1.165, 1.54) is 25.5 Å². The molecular formula is C25H27N3O5S. The van der Waals surface area contributed by atoms with Gasteiger partial charge in [0, 0.05) is 0 Å². The second-order valence-electron chi connectivity index (χ2n) is 7.23. The third-order valence-electron chi connectivity index (χ3n) is 4.73. The lowest BCUT2D eigenvalue weighted by atomic mass is 10.2. The van der Waals surface area contributed by atoms with Crippen LogP contribution in [0, 0.1) is 0 Å². The van der Waals surface area contributed by atoms with Crippen LogP contribution < -0.4 is 19.2 Å². The molecule has 3 aromatic carbocycles. The van der Waals surface area contributed by atoms with Gasteiger partial charge in [0.25, 0.3) is 15.9 Å². The molecule has 0 aliphatic heterocycles. The molecule has 34 heavy (non-hydrogen) atoms. The second kappa shape index (κ2) is 11.9. The summed E-state index contributed by atoms with van der Waals surface area (Å²) in [5.74, 6) is 0.736. The molecule has 0 aromatic heterocycles. The van der Waals surface area contributed by atoms with E-state index in [0.29, 0.717) is 18.0 Å². The Hall–Kier alpha value is -3.85. The molecule has 0 aliphatic carbocycles. The maximum atomic E-state index is 13.3. The SMILES string of the molecule is CCCOc1ccc(/C=N\NC(=O)CN(c2ccc(OC)cc2)S(=O)(=O)c2ccccc2)cc1. The van der Waals surface area contributed by atoms with Crippen LogP contribution in [0.15, 0.2) is 88.9 Å². The van der Waals surface area contributed by atoms with Crippen molar-refractivity contribution in [1.29, 1.82) is 0 Å². The van der Waals surface area contributed by atoms with E-state index in [-0.39, 0.29) is 4.90 Å². The number of carbonyl (C=O) groups excluding carboxylic acids is 1. The average Bonchev–Trinajstić information content (AvgIpc) is 2.87. The second-order valence-corrected chi connectivity index (χ2v) is 9.10. The molecule has 9 heteroatoms. The van der Waals surface area contributed by atoms with E-state index in [2.05, 4.69) is 10.5 Å². The minimum atomic E-state index is -3.99. The lowest BCUT2D eigenvalue weighted by Crippen LogP contribution is -2.39. The predicted octanol–water partition coefficient (Wildman–Crippen LogP) is 3.83. The first kappa shape index (κ1) is 24.8. The van der Waals surface area contributed by atoms with Crippen LogP contribution in [0.3, 0.4) is 0 Å². The molecule has 3 aromatic rings. The summed E-state index contributed by atoms with van der Waals surface area (Å²) in [7, 11) is -2.47. The Bertz CT molecular complexity index is 1200. The van der Waals surface area contributed by atoms with Gasteiger partial charge in [0.2, 0.25) is 0 Å². The standard InChI is InChI=1S/C25H27N3O5S/c1-3-17-33-23-13-9-20(10-14-23)18-26-27-25(29)19-28(21-11-15-22(32-2)16-12-21)34(30,31)24-7-5-4-6-8-24/h4-16,18H,3,17,19H2,1-2H3,(H,27,29)/b26-18-. The number of sulfonamides is 1. The van der Waals surface area contributed by atoms with Gasteiger partial charge in [0.05, 0.1) is 30.5 Å². The summed E-state index contributed by atoms with van der Waals surface area (Å²) in [6.45, 7) is 2.22. The summed E-state index contributed by atoms with van der Waals surface area (Å²) in [6, 6.07) is 21.6. The van der Waals surface area contributed by atoms with Gasteiger partial charge in [0.15, 0.2) is 0 Å². The van der Waals surface area contributed by atoms with E-state index in [9.17, 15) is 13.2 Å². The number of hydrazone groups is 1. The summed E-state index contributed by atoms with van der Waals surface area (Å²) in [5.41, 5.74) is 3.48. The van der Waals surface area contributed by atoms with Crippen molar-refractivity contribution in [1.82, 2.24) is 5.43 Å². The number of hydrogen-bond acceptors (Lipinski definition) is 6. The summed E-state index contributed by atoms with van der Waals surface area (Å²) in [6.07, 6.45) is 2.40. The molecular weight excluding hydrogens is 454 g/mol. The van der Waals surface area contributed by atoms with Crippen molar-refractivity contribution in [2.45, 2.75) is 18.2 Å². The average molecular weight is 482 g/mol. The molecule has 3 rings (SSSR count). The Morgan fingerprint density at radius 3 is 2.24 bits per heavy atom. The number of hydrogen-bond donors (Lipinski definition) is 1. The maximum absolute atomic E-state index is 13.3. The smallest absolute Gasteiger partial charge is 0.264 e. The summed E-state index contributed by atoms with van der Waals surface area (Å²) in [5, 5.41) is 3.96. The third kappa shape index (κ3) is 6.58. The van der Waals surface area contributed by atoms with Gasteiger partial charge in [-0.1, -0.05) is 25.1 Å². The molecule has 0 radical (unpaired) electrons. The molecule has 0 unspecified atom stereocenters. The first-order valence-electron chi connectivity index (χ1n) is 10.7. The number of rotatable bonds is 11. The van der Waals surface area contributed by atoms with E-state index in [1.807, 2.05) is 31.2 Å². The molecule has 8 nitrogen and oxygen atoms in total. The predicted molar refractivity (Wildman–Crippen MR) is 132 cm³/mol. The van der Waals surface area contributed by atoms with Crippen LogP contribution in [0.4, 0.5) is 5.69 Å². The van der Waals surface area contributed by atoms with Gasteiger partial charge in [-0.15, -0.1) is 0 Å². The minimum Gasteiger partial charge on any atom is -0.497 e. The number of ether oxygens (including phenoxy) is 2. The number of carbonyl (C=O) groups is 1. The molecule has 0 saturated heterocycles. The van der Waals surface area contributed by atoms with Crippen LogP contribution in [0.2, 0.25) is 0 Å². The van der Waals surface area contributed by atoms with Crippen molar-refractivity contribution in [2.24, 2.45) is 5.10 Å². The molecule has 0 fully saturated rings. The summed E-state index contributed by atoms with van der Waals surface area (Å²) < 4.78 is 38.3. The van der Waals surface area contributed by atoms with Gasteiger partial charge in [-0.05, 0) is 72.6 Å². The zero-order valence-electron chi connectivity index (χ0n) is 19.0. The summed E-state index contributed by atoms with van der Waals surface area (Å²) in [4.78, 5) is 12.7. The van der Waals surface area contributed by atoms with Crippen molar-refractivity contribution in [3.63, 3.8) is 0 Å². The number of amides is 1. The normalized spacial score (nSPS) is 11.2. The van der Waals surface area contributed by atoms with Crippen LogP contribution in [-0.4, -0.2) is 40.8 Å². The van der Waals surface area contributed by atoms with Gasteiger partial charge in [-0.2, -0.15) is 5.10 Å². The van der Waals surface area contributed by atoms with Gasteiger partial charge >= 0.3 is 0 Å². The number of benzene rings is 3. The monoisotopic (exact) mass is 481 g/mol. The number of methoxy groups -OCH3 is 1. The molecule has 1 amide bonds. The van der Waals surface area contributed by atoms with E-state index in [0.717, 1.165) is 22.0 Å². The highest BCUT2D eigenvalue weighted by atomic mass is 32.2. The number of nitrogens with zero attached hydrogens (tertiary/aromatic N) is 2. The van der Waals surface area contributed by atoms with Gasteiger partial charge in [-0.25, -0.2) is 13.8 Å². The van der Waals surface area contributed by atoms with Crippen molar-refractivity contribution >= 4 is 27.8 Å². The van der Waals surface area contributed by atoms with E-state index in [4.69, 9.17) is 9.47 Å². The Balaban J connectivity index is 1.74. The highest BCUT2D eigenvalue weighted by Gasteiger charge is 2.27. The fourth-order valence-electron chi connectivity index (χ4n) is 3.00. The van der Waals surface area contributed by atoms with E-state index >= 15 is 0 Å². The molecule has 0 atom stereocenters. The van der Waals surface area contributed by atoms with Crippen molar-refractivity contribution in [3.05, 3.63) is 84.4 Å². The Kier molecular flexibility index (Phi) is 8.64. The van der Waals surface area contributed by atoms with Gasteiger partial charge in [-0.3, -0.25) is 9.10 Å². The molecule has 0 heterocycles. The Morgan fingerprint density at radius 1 is 0.971 bits per heavy atom. The highest BCUT2D eigenvalue weighted by Crippen LogP contribution is 2.25. The third-order valence-corrected chi connectivity index (χ3v) is 6.52. The van der Waals surface area contributed by atoms with Gasteiger partial charge < -0.3 is 9.47 Å². The van der Waals surface area contributed by atoms with Crippen LogP contribution in [0.5, 0.6) is 11.5 Å². The zero-order valence-corrected chi connectivity index (χ0v) is 19.9. The lowest BCUT2D eigenvalue weighted by molar-refractivity contribution is -0.119. The maximum Gasteiger partial charge on any atom is 0.264 e. The minimum absolute atomic E-state index is 0.0764. The van der Waals surface area contributed by atoms with Crippen LogP contribution >= 0.6 is 0 Å². The largest absolute Gasteiger partial charge is 0.497 e. The van der Waals surface area contributed by atoms with Gasteiger partial charge in [0.1, 0.15) is 18.0 Å². The number of nitrogens with one attached hydrogen (secondary N) is 1. The van der Waals surface area contributed by atoms with E-state index < -0.39 is 22.5 Å². The molecule has 0 aliphatic rings. The van der Waals surface area contributed by atoms with Crippen molar-refractivity contribution in [3.8, 4) is 11.5 Å². The molecule has 0 saturated carbocycles. The highest BCUT2D eigenvalue weighted by molar-refractivity contribution is 7.92. The van der Waals surface area contributed by atoms with Crippen molar-refractivity contribution in [2.75, 3.05) is 24.6 Å². The van der Waals surface area contributed by atoms with Crippen molar-refractivity contribution < 1.29 is 22.7 Å². The molecule has 0 spiro atoms.